The van der Waals surface area contributed by atoms with Crippen LogP contribution < -0.4 is 5.32 Å². The average molecular weight is 456 g/mol. The summed E-state index contributed by atoms with van der Waals surface area (Å²) in [6.07, 6.45) is 0. The van der Waals surface area contributed by atoms with Crippen LogP contribution in [-0.4, -0.2) is 41.5 Å². The first-order chi connectivity index (χ1) is 13.8. The standard InChI is InChI=1S/C21H23Cl2NO4S/c1-14-7-8-16(22)19(18(14)23)24-17-6-4-3-5-15(17)20(25)28-9-10-29(26)13-21(2)11-27-12-21/h3-8,24H,9-13H2,1-2H3. The van der Waals surface area contributed by atoms with Crippen molar-refractivity contribution in [3.63, 3.8) is 0 Å². The van der Waals surface area contributed by atoms with Crippen molar-refractivity contribution in [3.8, 4) is 0 Å². The van der Waals surface area contributed by atoms with Gasteiger partial charge in [0.25, 0.3) is 0 Å². The molecule has 8 heteroatoms. The summed E-state index contributed by atoms with van der Waals surface area (Å²) in [4.78, 5) is 12.6. The lowest BCUT2D eigenvalue weighted by molar-refractivity contribution is -0.0866. The van der Waals surface area contributed by atoms with E-state index in [0.29, 0.717) is 51.7 Å². The van der Waals surface area contributed by atoms with Crippen molar-refractivity contribution in [2.75, 3.05) is 36.6 Å². The molecule has 2 aromatic carbocycles. The average Bonchev–Trinajstić information content (AvgIpc) is 2.67. The number of carbonyl (C=O) groups is 1. The van der Waals surface area contributed by atoms with E-state index < -0.39 is 16.8 Å². The SMILES string of the molecule is Cc1ccc(Cl)c(Nc2ccccc2C(=O)OCCS(=O)CC2(C)COC2)c1Cl. The zero-order valence-corrected chi connectivity index (χ0v) is 18.6. The summed E-state index contributed by atoms with van der Waals surface area (Å²) in [5.41, 5.74) is 2.26. The first-order valence-corrected chi connectivity index (χ1v) is 11.4. The molecule has 0 aliphatic carbocycles. The number of nitrogens with one attached hydrogen (secondary N) is 1. The van der Waals surface area contributed by atoms with Gasteiger partial charge < -0.3 is 14.8 Å². The zero-order chi connectivity index (χ0) is 21.0. The van der Waals surface area contributed by atoms with Gasteiger partial charge in [0.2, 0.25) is 0 Å². The van der Waals surface area contributed by atoms with Crippen LogP contribution in [0.15, 0.2) is 36.4 Å². The molecule has 0 aromatic heterocycles. The lowest BCUT2D eigenvalue weighted by Gasteiger charge is -2.37. The predicted molar refractivity (Wildman–Crippen MR) is 118 cm³/mol. The Morgan fingerprint density at radius 2 is 1.97 bits per heavy atom. The number of ether oxygens (including phenoxy) is 2. The molecule has 0 bridgehead atoms. The molecule has 1 fully saturated rings. The monoisotopic (exact) mass is 455 g/mol. The van der Waals surface area contributed by atoms with Gasteiger partial charge in [0.05, 0.1) is 46.0 Å². The van der Waals surface area contributed by atoms with E-state index in [9.17, 15) is 9.00 Å². The van der Waals surface area contributed by atoms with E-state index in [1.54, 1.807) is 30.3 Å². The van der Waals surface area contributed by atoms with Crippen LogP contribution in [0, 0.1) is 12.3 Å². The van der Waals surface area contributed by atoms with E-state index in [1.807, 2.05) is 19.9 Å². The Labute approximate surface area is 183 Å². The van der Waals surface area contributed by atoms with Gasteiger partial charge in [-0.25, -0.2) is 4.79 Å². The number of carbonyl (C=O) groups excluding carboxylic acids is 1. The number of benzene rings is 2. The van der Waals surface area contributed by atoms with E-state index in [2.05, 4.69) is 5.32 Å². The third-order valence-corrected chi connectivity index (χ3v) is 7.09. The maximum absolute atomic E-state index is 12.6. The molecule has 0 radical (unpaired) electrons. The van der Waals surface area contributed by atoms with Crippen LogP contribution in [0.2, 0.25) is 10.0 Å². The number of hydrogen-bond acceptors (Lipinski definition) is 5. The molecule has 1 atom stereocenters. The molecule has 1 saturated heterocycles. The molecule has 0 saturated carbocycles. The molecule has 3 rings (SSSR count). The van der Waals surface area contributed by atoms with Gasteiger partial charge in [-0.2, -0.15) is 0 Å². The minimum atomic E-state index is -1.06. The smallest absolute Gasteiger partial charge is 0.340 e. The molecule has 2 aromatic rings. The van der Waals surface area contributed by atoms with Crippen LogP contribution in [-0.2, 0) is 20.3 Å². The highest BCUT2D eigenvalue weighted by Gasteiger charge is 2.35. The third kappa shape index (κ3) is 5.51. The zero-order valence-electron chi connectivity index (χ0n) is 16.3. The van der Waals surface area contributed by atoms with Crippen molar-refractivity contribution in [2.45, 2.75) is 13.8 Å². The lowest BCUT2D eigenvalue weighted by Crippen LogP contribution is -2.44. The van der Waals surface area contributed by atoms with E-state index in [-0.39, 0.29) is 12.0 Å². The van der Waals surface area contributed by atoms with Gasteiger partial charge in [-0.3, -0.25) is 4.21 Å². The molecule has 156 valence electrons. The molecule has 29 heavy (non-hydrogen) atoms. The van der Waals surface area contributed by atoms with Crippen LogP contribution in [0.3, 0.4) is 0 Å². The van der Waals surface area contributed by atoms with Crippen molar-refractivity contribution in [1.29, 1.82) is 0 Å². The van der Waals surface area contributed by atoms with Crippen molar-refractivity contribution in [3.05, 3.63) is 57.6 Å². The second kappa shape index (κ2) is 9.47. The minimum absolute atomic E-state index is 0.0300. The van der Waals surface area contributed by atoms with Crippen molar-refractivity contribution >= 4 is 51.3 Å². The molecule has 1 aliphatic rings. The maximum Gasteiger partial charge on any atom is 0.340 e. The molecule has 1 N–H and O–H groups in total. The fraction of sp³-hybridized carbons (Fsp3) is 0.381. The van der Waals surface area contributed by atoms with Gasteiger partial charge in [-0.1, -0.05) is 48.3 Å². The summed E-state index contributed by atoms with van der Waals surface area (Å²) in [6.45, 7) is 5.26. The number of para-hydroxylation sites is 1. The Bertz CT molecular complexity index is 931. The molecular weight excluding hydrogens is 433 g/mol. The van der Waals surface area contributed by atoms with Gasteiger partial charge in [0, 0.05) is 22.0 Å². The summed E-state index contributed by atoms with van der Waals surface area (Å²) >= 11 is 12.6. The molecule has 1 aliphatic heterocycles. The van der Waals surface area contributed by atoms with E-state index in [1.165, 1.54) is 0 Å². The Morgan fingerprint density at radius 3 is 2.66 bits per heavy atom. The second-order valence-electron chi connectivity index (χ2n) is 7.45. The van der Waals surface area contributed by atoms with Crippen molar-refractivity contribution in [2.24, 2.45) is 5.41 Å². The topological polar surface area (TPSA) is 64.6 Å². The highest BCUT2D eigenvalue weighted by Crippen LogP contribution is 2.36. The quantitative estimate of drug-likeness (QED) is 0.568. The Kier molecular flexibility index (Phi) is 7.22. The lowest BCUT2D eigenvalue weighted by atomic mass is 9.92. The number of rotatable bonds is 8. The third-order valence-electron chi connectivity index (χ3n) is 4.65. The largest absolute Gasteiger partial charge is 0.461 e. The van der Waals surface area contributed by atoms with Crippen LogP contribution in [0.5, 0.6) is 0 Å². The fourth-order valence-corrected chi connectivity index (χ4v) is 4.80. The summed E-state index contributed by atoms with van der Waals surface area (Å²) in [5.74, 6) is 0.350. The summed E-state index contributed by atoms with van der Waals surface area (Å²) < 4.78 is 22.7. The number of aryl methyl sites for hydroxylation is 1. The fourth-order valence-electron chi connectivity index (χ4n) is 2.98. The molecule has 1 heterocycles. The Hall–Kier alpha value is -1.60. The van der Waals surface area contributed by atoms with Crippen molar-refractivity contribution < 1.29 is 18.5 Å². The summed E-state index contributed by atoms with van der Waals surface area (Å²) in [7, 11) is -1.06. The van der Waals surface area contributed by atoms with E-state index in [0.717, 1.165) is 5.56 Å². The number of anilines is 2. The molecule has 0 amide bonds. The first-order valence-electron chi connectivity index (χ1n) is 9.19. The van der Waals surface area contributed by atoms with Crippen LogP contribution >= 0.6 is 23.2 Å². The predicted octanol–water partition coefficient (Wildman–Crippen LogP) is 4.99. The Morgan fingerprint density at radius 1 is 1.24 bits per heavy atom. The van der Waals surface area contributed by atoms with Crippen molar-refractivity contribution in [1.82, 2.24) is 0 Å². The Balaban J connectivity index is 1.63. The highest BCUT2D eigenvalue weighted by molar-refractivity contribution is 7.85. The first kappa shape index (κ1) is 22.1. The van der Waals surface area contributed by atoms with Gasteiger partial charge >= 0.3 is 5.97 Å². The molecule has 0 spiro atoms. The molecule has 1 unspecified atom stereocenters. The number of esters is 1. The number of hydrogen-bond donors (Lipinski definition) is 1. The summed E-state index contributed by atoms with van der Waals surface area (Å²) in [5, 5.41) is 4.08. The normalized spacial score (nSPS) is 16.0. The number of halogens is 2. The van der Waals surface area contributed by atoms with E-state index in [4.69, 9.17) is 32.7 Å². The molecule has 5 nitrogen and oxygen atoms in total. The second-order valence-corrected chi connectivity index (χ2v) is 9.81. The van der Waals surface area contributed by atoms with Crippen LogP contribution in [0.1, 0.15) is 22.8 Å². The van der Waals surface area contributed by atoms with Crippen LogP contribution in [0.4, 0.5) is 11.4 Å². The summed E-state index contributed by atoms with van der Waals surface area (Å²) in [6, 6.07) is 10.5. The van der Waals surface area contributed by atoms with Crippen LogP contribution in [0.25, 0.3) is 0 Å². The maximum atomic E-state index is 12.6. The molecular formula is C21H23Cl2NO4S. The van der Waals surface area contributed by atoms with Gasteiger partial charge in [-0.15, -0.1) is 0 Å². The van der Waals surface area contributed by atoms with Gasteiger partial charge in [-0.05, 0) is 30.7 Å². The highest BCUT2D eigenvalue weighted by atomic mass is 35.5. The van der Waals surface area contributed by atoms with E-state index >= 15 is 0 Å². The minimum Gasteiger partial charge on any atom is -0.461 e. The van der Waals surface area contributed by atoms with Gasteiger partial charge in [0.15, 0.2) is 0 Å². The van der Waals surface area contributed by atoms with Gasteiger partial charge in [0.1, 0.15) is 6.61 Å².